The molecule has 6 nitrogen and oxygen atoms in total. The summed E-state index contributed by atoms with van der Waals surface area (Å²) in [6.45, 7) is 1.82. The molecule has 30 heavy (non-hydrogen) atoms. The number of Topliss-reactive ketones (excluding diaryl/α,β-unsaturated/α-hetero) is 1. The molecule has 0 N–H and O–H groups in total. The molecule has 3 rings (SSSR count). The molecule has 0 radical (unpaired) electrons. The van der Waals surface area contributed by atoms with E-state index >= 15 is 0 Å². The third-order valence-corrected chi connectivity index (χ3v) is 5.82. The van der Waals surface area contributed by atoms with Crippen LogP contribution >= 0.6 is 11.8 Å². The molecule has 7 heteroatoms. The number of benzene rings is 2. The highest BCUT2D eigenvalue weighted by Crippen LogP contribution is 2.21. The molecule has 0 fully saturated rings. The fourth-order valence-corrected chi connectivity index (χ4v) is 3.96. The van der Waals surface area contributed by atoms with Crippen LogP contribution in [0.5, 0.6) is 11.5 Å². The number of ketones is 1. The summed E-state index contributed by atoms with van der Waals surface area (Å²) in [6.07, 6.45) is 0.469. The molecule has 0 spiro atoms. The van der Waals surface area contributed by atoms with E-state index in [2.05, 4.69) is 4.98 Å². The van der Waals surface area contributed by atoms with E-state index < -0.39 is 0 Å². The zero-order valence-corrected chi connectivity index (χ0v) is 18.3. The molecule has 2 aromatic carbocycles. The molecule has 3 aromatic rings. The Kier molecular flexibility index (Phi) is 6.95. The van der Waals surface area contributed by atoms with Crippen LogP contribution in [-0.2, 0) is 13.5 Å². The van der Waals surface area contributed by atoms with E-state index in [-0.39, 0.29) is 17.1 Å². The second-order valence-corrected chi connectivity index (χ2v) is 7.74. The van der Waals surface area contributed by atoms with Gasteiger partial charge >= 0.3 is 0 Å². The first kappa shape index (κ1) is 21.6. The van der Waals surface area contributed by atoms with Gasteiger partial charge in [0.25, 0.3) is 5.56 Å². The molecule has 156 valence electrons. The van der Waals surface area contributed by atoms with Crippen molar-refractivity contribution >= 4 is 17.5 Å². The summed E-state index contributed by atoms with van der Waals surface area (Å²) < 4.78 is 11.9. The number of carbonyl (C=O) groups excluding carboxylic acids is 1. The average Bonchev–Trinajstić information content (AvgIpc) is 2.78. The Hall–Kier alpha value is -3.06. The molecule has 0 bridgehead atoms. The summed E-state index contributed by atoms with van der Waals surface area (Å²) in [5, 5.41) is 0.517. The third-order valence-electron chi connectivity index (χ3n) is 4.79. The quantitative estimate of drug-likeness (QED) is 0.312. The van der Waals surface area contributed by atoms with Crippen molar-refractivity contribution in [3.05, 3.63) is 81.3 Å². The fraction of sp³-hybridized carbons (Fsp3) is 0.261. The lowest BCUT2D eigenvalue weighted by Gasteiger charge is -2.12. The summed E-state index contributed by atoms with van der Waals surface area (Å²) in [7, 11) is 4.86. The molecule has 1 heterocycles. The highest BCUT2D eigenvalue weighted by Gasteiger charge is 2.15. The van der Waals surface area contributed by atoms with E-state index in [4.69, 9.17) is 9.47 Å². The number of carbonyl (C=O) groups is 1. The van der Waals surface area contributed by atoms with Gasteiger partial charge < -0.3 is 9.47 Å². The second kappa shape index (κ2) is 9.63. The van der Waals surface area contributed by atoms with Crippen LogP contribution in [0.2, 0.25) is 0 Å². The predicted octanol–water partition coefficient (Wildman–Crippen LogP) is 3.67. The van der Waals surface area contributed by atoms with Crippen LogP contribution in [0, 0.1) is 6.92 Å². The molecular formula is C23H24N2O4S. The SMILES string of the molecule is COc1cccc(Cc2c(C)nc(SCC(=O)c3cccc(OC)c3)n(C)c2=O)c1. The number of hydrogen-bond donors (Lipinski definition) is 0. The van der Waals surface area contributed by atoms with E-state index in [1.807, 2.05) is 31.2 Å². The summed E-state index contributed by atoms with van der Waals surface area (Å²) in [5.74, 6) is 1.51. The maximum absolute atomic E-state index is 12.9. The first-order valence-corrected chi connectivity index (χ1v) is 10.4. The molecule has 0 aliphatic carbocycles. The highest BCUT2D eigenvalue weighted by molar-refractivity contribution is 7.99. The van der Waals surface area contributed by atoms with Crippen LogP contribution in [0.3, 0.4) is 0 Å². The number of aromatic nitrogens is 2. The topological polar surface area (TPSA) is 70.4 Å². The average molecular weight is 425 g/mol. The highest BCUT2D eigenvalue weighted by atomic mass is 32.2. The van der Waals surface area contributed by atoms with Gasteiger partial charge in [-0.2, -0.15) is 0 Å². The maximum atomic E-state index is 12.9. The van der Waals surface area contributed by atoms with Crippen LogP contribution in [0.4, 0.5) is 0 Å². The molecule has 0 saturated heterocycles. The van der Waals surface area contributed by atoms with E-state index in [0.29, 0.717) is 34.1 Å². The Bertz CT molecular complexity index is 1120. The van der Waals surface area contributed by atoms with Gasteiger partial charge in [0, 0.05) is 30.3 Å². The van der Waals surface area contributed by atoms with Crippen LogP contribution in [0.1, 0.15) is 27.2 Å². The number of aryl methyl sites for hydroxylation is 1. The number of thioether (sulfide) groups is 1. The minimum absolute atomic E-state index is 0.0498. The molecule has 0 unspecified atom stereocenters. The molecule has 0 saturated carbocycles. The van der Waals surface area contributed by atoms with Crippen molar-refractivity contribution in [2.75, 3.05) is 20.0 Å². The first-order valence-electron chi connectivity index (χ1n) is 9.42. The van der Waals surface area contributed by atoms with Crippen molar-refractivity contribution in [1.82, 2.24) is 9.55 Å². The molecule has 0 aliphatic rings. The van der Waals surface area contributed by atoms with Crippen molar-refractivity contribution < 1.29 is 14.3 Å². The lowest BCUT2D eigenvalue weighted by atomic mass is 10.0. The lowest BCUT2D eigenvalue weighted by molar-refractivity contribution is 0.102. The van der Waals surface area contributed by atoms with Crippen molar-refractivity contribution in [2.24, 2.45) is 7.05 Å². The van der Waals surface area contributed by atoms with E-state index in [1.54, 1.807) is 45.5 Å². The molecule has 1 aromatic heterocycles. The van der Waals surface area contributed by atoms with Gasteiger partial charge in [-0.1, -0.05) is 36.0 Å². The van der Waals surface area contributed by atoms with Gasteiger partial charge in [-0.05, 0) is 36.8 Å². The molecular weight excluding hydrogens is 400 g/mol. The number of methoxy groups -OCH3 is 2. The Balaban J connectivity index is 1.78. The standard InChI is InChI=1S/C23H24N2O4S/c1-15-20(12-16-7-5-9-18(11-16)28-3)22(27)25(2)23(24-15)30-14-21(26)17-8-6-10-19(13-17)29-4/h5-11,13H,12,14H2,1-4H3. The van der Waals surface area contributed by atoms with Crippen LogP contribution in [0.25, 0.3) is 0 Å². The van der Waals surface area contributed by atoms with Gasteiger partial charge in [0.2, 0.25) is 0 Å². The van der Waals surface area contributed by atoms with Crippen LogP contribution < -0.4 is 15.0 Å². The number of nitrogens with zero attached hydrogens (tertiary/aromatic N) is 2. The van der Waals surface area contributed by atoms with E-state index in [1.165, 1.54) is 16.3 Å². The lowest BCUT2D eigenvalue weighted by Crippen LogP contribution is -2.26. The predicted molar refractivity (Wildman–Crippen MR) is 118 cm³/mol. The van der Waals surface area contributed by atoms with Gasteiger partial charge in [-0.15, -0.1) is 0 Å². The largest absolute Gasteiger partial charge is 0.497 e. The number of ether oxygens (including phenoxy) is 2. The van der Waals surface area contributed by atoms with Gasteiger partial charge in [0.1, 0.15) is 11.5 Å². The van der Waals surface area contributed by atoms with Gasteiger partial charge in [-0.3, -0.25) is 14.2 Å². The molecule has 0 atom stereocenters. The summed E-state index contributed by atoms with van der Waals surface area (Å²) in [5.41, 5.74) is 2.73. The van der Waals surface area contributed by atoms with Crippen molar-refractivity contribution in [3.8, 4) is 11.5 Å². The maximum Gasteiger partial charge on any atom is 0.257 e. The second-order valence-electron chi connectivity index (χ2n) is 6.79. The van der Waals surface area contributed by atoms with Crippen molar-refractivity contribution in [3.63, 3.8) is 0 Å². The summed E-state index contributed by atoms with van der Waals surface area (Å²) >= 11 is 1.25. The number of hydrogen-bond acceptors (Lipinski definition) is 6. The zero-order valence-electron chi connectivity index (χ0n) is 17.5. The van der Waals surface area contributed by atoms with Crippen LogP contribution in [0.15, 0.2) is 58.5 Å². The number of rotatable bonds is 8. The Morgan fingerprint density at radius 3 is 2.43 bits per heavy atom. The van der Waals surface area contributed by atoms with Crippen molar-refractivity contribution in [2.45, 2.75) is 18.5 Å². The van der Waals surface area contributed by atoms with Gasteiger partial charge in [0.15, 0.2) is 10.9 Å². The molecule has 0 amide bonds. The fourth-order valence-electron chi connectivity index (χ4n) is 3.06. The Morgan fingerprint density at radius 1 is 1.07 bits per heavy atom. The Morgan fingerprint density at radius 2 is 1.73 bits per heavy atom. The first-order chi connectivity index (χ1) is 14.4. The van der Waals surface area contributed by atoms with Gasteiger partial charge in [0.05, 0.1) is 20.0 Å². The van der Waals surface area contributed by atoms with E-state index in [9.17, 15) is 9.59 Å². The zero-order chi connectivity index (χ0) is 21.7. The smallest absolute Gasteiger partial charge is 0.257 e. The van der Waals surface area contributed by atoms with Gasteiger partial charge in [-0.25, -0.2) is 4.98 Å². The Labute approximate surface area is 179 Å². The minimum Gasteiger partial charge on any atom is -0.497 e. The molecule has 0 aliphatic heterocycles. The van der Waals surface area contributed by atoms with Crippen LogP contribution in [-0.4, -0.2) is 35.3 Å². The van der Waals surface area contributed by atoms with E-state index in [0.717, 1.165) is 11.3 Å². The summed E-state index contributed by atoms with van der Waals surface area (Å²) in [4.78, 5) is 30.1. The minimum atomic E-state index is -0.110. The third kappa shape index (κ3) is 4.91. The summed E-state index contributed by atoms with van der Waals surface area (Å²) in [6, 6.07) is 14.7. The van der Waals surface area contributed by atoms with Crippen molar-refractivity contribution in [1.29, 1.82) is 0 Å². The monoisotopic (exact) mass is 424 g/mol. The normalized spacial score (nSPS) is 10.7.